The van der Waals surface area contributed by atoms with Crippen molar-refractivity contribution in [2.24, 2.45) is 0 Å². The van der Waals surface area contributed by atoms with Crippen LogP contribution in [0.25, 0.3) is 0 Å². The highest BCUT2D eigenvalue weighted by molar-refractivity contribution is 5.80. The Balaban J connectivity index is 1.56. The molecule has 0 aliphatic carbocycles. The van der Waals surface area contributed by atoms with Gasteiger partial charge in [-0.05, 0) is 38.2 Å². The molecule has 6 heteroatoms. The lowest BCUT2D eigenvalue weighted by Crippen LogP contribution is -2.54. The van der Waals surface area contributed by atoms with E-state index in [-0.39, 0.29) is 29.4 Å². The van der Waals surface area contributed by atoms with Crippen molar-refractivity contribution in [2.45, 2.75) is 89.4 Å². The first-order valence-electron chi connectivity index (χ1n) is 11.5. The van der Waals surface area contributed by atoms with Crippen molar-refractivity contribution in [1.82, 2.24) is 19.8 Å². The zero-order valence-corrected chi connectivity index (χ0v) is 18.9. The van der Waals surface area contributed by atoms with Crippen molar-refractivity contribution in [2.75, 3.05) is 0 Å². The third-order valence-electron chi connectivity index (χ3n) is 6.86. The van der Waals surface area contributed by atoms with Gasteiger partial charge in [-0.25, -0.2) is 4.98 Å². The molecule has 31 heavy (non-hydrogen) atoms. The van der Waals surface area contributed by atoms with E-state index in [0.717, 1.165) is 31.5 Å². The van der Waals surface area contributed by atoms with Crippen LogP contribution in [-0.4, -0.2) is 43.9 Å². The largest absolute Gasteiger partial charge is 0.349 e. The van der Waals surface area contributed by atoms with E-state index in [1.807, 2.05) is 30.6 Å². The molecule has 1 aromatic carbocycles. The summed E-state index contributed by atoms with van der Waals surface area (Å²) in [6.45, 7) is 7.00. The molecule has 2 fully saturated rings. The average molecular weight is 423 g/mol. The van der Waals surface area contributed by atoms with E-state index in [2.05, 4.69) is 52.7 Å². The molecule has 2 amide bonds. The van der Waals surface area contributed by atoms with Gasteiger partial charge in [-0.15, -0.1) is 0 Å². The van der Waals surface area contributed by atoms with Crippen LogP contribution in [0.4, 0.5) is 0 Å². The second-order valence-electron chi connectivity index (χ2n) is 9.61. The first-order valence-corrected chi connectivity index (χ1v) is 11.5. The monoisotopic (exact) mass is 422 g/mol. The summed E-state index contributed by atoms with van der Waals surface area (Å²) in [4.78, 5) is 32.5. The smallest absolute Gasteiger partial charge is 0.224 e. The van der Waals surface area contributed by atoms with Gasteiger partial charge in [0.2, 0.25) is 11.8 Å². The van der Waals surface area contributed by atoms with E-state index in [1.165, 1.54) is 5.56 Å². The molecule has 3 heterocycles. The lowest BCUT2D eigenvalue weighted by molar-refractivity contribution is -0.135. The number of hydrogen-bond acceptors (Lipinski definition) is 3. The Hall–Kier alpha value is -2.63. The number of aryl methyl sites for hydroxylation is 1. The lowest BCUT2D eigenvalue weighted by Gasteiger charge is -2.35. The molecule has 3 atom stereocenters. The molecule has 2 saturated heterocycles. The number of carbonyl (C=O) groups excluding carboxylic acids is 2. The fraction of sp³-hybridized carbons (Fsp3) is 0.560. The maximum atomic E-state index is 13.6. The Morgan fingerprint density at radius 2 is 2.06 bits per heavy atom. The SMILES string of the molecule is CC(C)c1nccn1CCC(=O)N1[C@H](Cc2ccccc2)C[C@]2(C)NC(=O)CCC[C@H]12. The van der Waals surface area contributed by atoms with Crippen LogP contribution in [-0.2, 0) is 22.6 Å². The summed E-state index contributed by atoms with van der Waals surface area (Å²) in [5.41, 5.74) is 0.870. The number of nitrogens with zero attached hydrogens (tertiary/aromatic N) is 3. The fourth-order valence-corrected chi connectivity index (χ4v) is 5.50. The molecule has 0 radical (unpaired) electrons. The van der Waals surface area contributed by atoms with Crippen LogP contribution in [0.15, 0.2) is 42.7 Å². The fourth-order valence-electron chi connectivity index (χ4n) is 5.50. The van der Waals surface area contributed by atoms with Crippen LogP contribution in [0.1, 0.15) is 70.2 Å². The van der Waals surface area contributed by atoms with Crippen LogP contribution in [0.5, 0.6) is 0 Å². The molecule has 4 rings (SSSR count). The third-order valence-corrected chi connectivity index (χ3v) is 6.86. The molecule has 1 aromatic heterocycles. The maximum Gasteiger partial charge on any atom is 0.224 e. The van der Waals surface area contributed by atoms with E-state index in [0.29, 0.717) is 25.3 Å². The maximum absolute atomic E-state index is 13.6. The molecule has 1 N–H and O–H groups in total. The Labute approximate surface area is 185 Å². The highest BCUT2D eigenvalue weighted by atomic mass is 16.2. The Kier molecular flexibility index (Phi) is 6.17. The van der Waals surface area contributed by atoms with E-state index < -0.39 is 0 Å². The van der Waals surface area contributed by atoms with Gasteiger partial charge < -0.3 is 14.8 Å². The van der Waals surface area contributed by atoms with Crippen molar-refractivity contribution in [3.8, 4) is 0 Å². The van der Waals surface area contributed by atoms with Crippen molar-refractivity contribution in [3.05, 3.63) is 54.1 Å². The topological polar surface area (TPSA) is 67.2 Å². The van der Waals surface area contributed by atoms with Gasteiger partial charge in [0.25, 0.3) is 0 Å². The predicted molar refractivity (Wildman–Crippen MR) is 121 cm³/mol. The van der Waals surface area contributed by atoms with Gasteiger partial charge in [-0.3, -0.25) is 9.59 Å². The average Bonchev–Trinajstić information content (AvgIpc) is 3.26. The predicted octanol–water partition coefficient (Wildman–Crippen LogP) is 3.67. The molecular formula is C25H34N4O2. The zero-order valence-electron chi connectivity index (χ0n) is 18.9. The Bertz CT molecular complexity index is 923. The van der Waals surface area contributed by atoms with Crippen molar-refractivity contribution < 1.29 is 9.59 Å². The van der Waals surface area contributed by atoms with Gasteiger partial charge >= 0.3 is 0 Å². The molecule has 2 aromatic rings. The van der Waals surface area contributed by atoms with Gasteiger partial charge in [0.1, 0.15) is 5.82 Å². The van der Waals surface area contributed by atoms with Crippen molar-refractivity contribution in [1.29, 1.82) is 0 Å². The summed E-state index contributed by atoms with van der Waals surface area (Å²) in [6, 6.07) is 10.5. The summed E-state index contributed by atoms with van der Waals surface area (Å²) in [5.74, 6) is 1.62. The number of amides is 2. The van der Waals surface area contributed by atoms with Crippen LogP contribution < -0.4 is 5.32 Å². The van der Waals surface area contributed by atoms with Gasteiger partial charge in [-0.1, -0.05) is 44.2 Å². The van der Waals surface area contributed by atoms with Crippen molar-refractivity contribution >= 4 is 11.8 Å². The quantitative estimate of drug-likeness (QED) is 0.772. The molecule has 0 unspecified atom stereocenters. The lowest BCUT2D eigenvalue weighted by atomic mass is 9.88. The molecule has 0 saturated carbocycles. The molecule has 6 nitrogen and oxygen atoms in total. The van der Waals surface area contributed by atoms with E-state index in [9.17, 15) is 9.59 Å². The normalized spacial score (nSPS) is 25.9. The minimum absolute atomic E-state index is 0.0486. The molecule has 2 aliphatic rings. The van der Waals surface area contributed by atoms with Gasteiger partial charge in [0.15, 0.2) is 0 Å². The van der Waals surface area contributed by atoms with Crippen LogP contribution in [0, 0.1) is 0 Å². The summed E-state index contributed by atoms with van der Waals surface area (Å²) in [7, 11) is 0. The second kappa shape index (κ2) is 8.85. The number of likely N-dealkylation sites (tertiary alicyclic amines) is 1. The number of benzene rings is 1. The molecule has 166 valence electrons. The zero-order chi connectivity index (χ0) is 22.0. The van der Waals surface area contributed by atoms with E-state index >= 15 is 0 Å². The standard InChI is InChI=1S/C25H34N4O2/c1-18(2)24-26-13-15-28(24)14-12-23(31)29-20(16-19-8-5-4-6-9-19)17-25(3)21(29)10-7-11-22(30)27-25/h4-6,8-9,13,15,18,20-21H,7,10-12,14,16-17H2,1-3H3,(H,27,30)/t20-,21+,25+/m1/s1. The highest BCUT2D eigenvalue weighted by Crippen LogP contribution is 2.39. The van der Waals surface area contributed by atoms with Gasteiger partial charge in [0.05, 0.1) is 11.6 Å². The second-order valence-corrected chi connectivity index (χ2v) is 9.61. The summed E-state index contributed by atoms with van der Waals surface area (Å²) in [6.07, 6.45) is 8.08. The number of rotatable bonds is 6. The van der Waals surface area contributed by atoms with E-state index in [1.54, 1.807) is 0 Å². The number of aromatic nitrogens is 2. The van der Waals surface area contributed by atoms with Crippen LogP contribution >= 0.6 is 0 Å². The number of carbonyl (C=O) groups is 2. The molecule has 0 spiro atoms. The minimum Gasteiger partial charge on any atom is -0.349 e. The summed E-state index contributed by atoms with van der Waals surface area (Å²) >= 11 is 0. The highest BCUT2D eigenvalue weighted by Gasteiger charge is 2.52. The Morgan fingerprint density at radius 3 is 2.81 bits per heavy atom. The molecule has 2 aliphatic heterocycles. The van der Waals surface area contributed by atoms with E-state index in [4.69, 9.17) is 0 Å². The number of hydrogen-bond donors (Lipinski definition) is 1. The number of fused-ring (bicyclic) bond motifs is 1. The number of imidazole rings is 1. The van der Waals surface area contributed by atoms with Gasteiger partial charge in [-0.2, -0.15) is 0 Å². The number of nitrogens with one attached hydrogen (secondary N) is 1. The summed E-state index contributed by atoms with van der Waals surface area (Å²) in [5, 5.41) is 3.26. The van der Waals surface area contributed by atoms with Gasteiger partial charge in [0, 0.05) is 43.7 Å². The Morgan fingerprint density at radius 1 is 1.29 bits per heavy atom. The molecular weight excluding hydrogens is 388 g/mol. The minimum atomic E-state index is -0.360. The molecule has 0 bridgehead atoms. The van der Waals surface area contributed by atoms with Crippen LogP contribution in [0.2, 0.25) is 0 Å². The van der Waals surface area contributed by atoms with Crippen molar-refractivity contribution in [3.63, 3.8) is 0 Å². The third kappa shape index (κ3) is 4.53. The first-order chi connectivity index (χ1) is 14.9. The van der Waals surface area contributed by atoms with Crippen LogP contribution in [0.3, 0.4) is 0 Å². The first kappa shape index (κ1) is 21.6. The summed E-state index contributed by atoms with van der Waals surface area (Å²) < 4.78 is 2.10.